The van der Waals surface area contributed by atoms with Crippen LogP contribution in [0.15, 0.2) is 140 Å². The predicted octanol–water partition coefficient (Wildman–Crippen LogP) is 8.94. The molecule has 0 fully saturated rings. The zero-order chi connectivity index (χ0) is 25.1. The summed E-state index contributed by atoms with van der Waals surface area (Å²) in [5, 5.41) is 6.16. The lowest BCUT2D eigenvalue weighted by Crippen LogP contribution is -1.98. The maximum absolute atomic E-state index is 5.12. The summed E-state index contributed by atoms with van der Waals surface area (Å²) in [4.78, 5) is 5.12. The van der Waals surface area contributed by atoms with Gasteiger partial charge in [0.2, 0.25) is 0 Å². The Morgan fingerprint density at radius 2 is 1.21 bits per heavy atom. The van der Waals surface area contributed by atoms with Crippen molar-refractivity contribution in [3.8, 4) is 22.8 Å². The fourth-order valence-corrected chi connectivity index (χ4v) is 5.73. The average Bonchev–Trinajstić information content (AvgIpc) is 3.54. The summed E-state index contributed by atoms with van der Waals surface area (Å²) in [6.45, 7) is 0. The SMILES string of the molecule is c1ccc(-c2cccc(-n3c4ccccc4c4cc5cc6ccn(-c7ccccc7)c6cc5cc43)n2)cc1. The van der Waals surface area contributed by atoms with E-state index < -0.39 is 0 Å². The van der Waals surface area contributed by atoms with Crippen molar-refractivity contribution in [3.05, 3.63) is 140 Å². The molecule has 3 heterocycles. The number of nitrogens with zero attached hydrogens (tertiary/aromatic N) is 3. The van der Waals surface area contributed by atoms with Gasteiger partial charge in [-0.05, 0) is 71.4 Å². The molecule has 0 aliphatic heterocycles. The number of pyridine rings is 1. The van der Waals surface area contributed by atoms with Crippen LogP contribution >= 0.6 is 0 Å². The van der Waals surface area contributed by atoms with Gasteiger partial charge >= 0.3 is 0 Å². The van der Waals surface area contributed by atoms with Crippen LogP contribution in [0.4, 0.5) is 0 Å². The van der Waals surface area contributed by atoms with E-state index in [1.54, 1.807) is 0 Å². The molecule has 0 spiro atoms. The molecule has 8 rings (SSSR count). The summed E-state index contributed by atoms with van der Waals surface area (Å²) in [6, 6.07) is 47.3. The molecule has 0 aliphatic rings. The fraction of sp³-hybridized carbons (Fsp3) is 0. The van der Waals surface area contributed by atoms with E-state index >= 15 is 0 Å². The van der Waals surface area contributed by atoms with Gasteiger partial charge in [0, 0.05) is 33.6 Å². The normalized spacial score (nSPS) is 11.7. The van der Waals surface area contributed by atoms with E-state index in [0.29, 0.717) is 0 Å². The van der Waals surface area contributed by atoms with Crippen LogP contribution in [-0.4, -0.2) is 14.1 Å². The van der Waals surface area contributed by atoms with Crippen LogP contribution in [0.5, 0.6) is 0 Å². The van der Waals surface area contributed by atoms with Crippen LogP contribution in [0.3, 0.4) is 0 Å². The number of para-hydroxylation sites is 2. The van der Waals surface area contributed by atoms with Gasteiger partial charge in [-0.25, -0.2) is 4.98 Å². The Hall–Kier alpha value is -5.15. The maximum atomic E-state index is 5.12. The van der Waals surface area contributed by atoms with Crippen molar-refractivity contribution >= 4 is 43.5 Å². The molecule has 3 nitrogen and oxygen atoms in total. The van der Waals surface area contributed by atoms with Crippen LogP contribution in [0.25, 0.3) is 66.2 Å². The molecule has 38 heavy (non-hydrogen) atoms. The second-order valence-corrected chi connectivity index (χ2v) is 9.75. The average molecular weight is 486 g/mol. The second-order valence-electron chi connectivity index (χ2n) is 9.75. The first-order valence-corrected chi connectivity index (χ1v) is 12.9. The van der Waals surface area contributed by atoms with Crippen molar-refractivity contribution in [2.24, 2.45) is 0 Å². The van der Waals surface area contributed by atoms with Crippen LogP contribution in [0.2, 0.25) is 0 Å². The van der Waals surface area contributed by atoms with Gasteiger partial charge in [-0.15, -0.1) is 0 Å². The van der Waals surface area contributed by atoms with E-state index in [0.717, 1.165) is 28.1 Å². The first kappa shape index (κ1) is 21.0. The van der Waals surface area contributed by atoms with Gasteiger partial charge in [-0.3, -0.25) is 4.57 Å². The van der Waals surface area contributed by atoms with Gasteiger partial charge in [0.05, 0.1) is 22.2 Å². The molecule has 3 aromatic heterocycles. The van der Waals surface area contributed by atoms with Gasteiger partial charge < -0.3 is 4.57 Å². The Morgan fingerprint density at radius 1 is 0.474 bits per heavy atom. The molecule has 0 aliphatic carbocycles. The zero-order valence-corrected chi connectivity index (χ0v) is 20.6. The summed E-state index contributed by atoms with van der Waals surface area (Å²) in [5.41, 5.74) is 6.78. The van der Waals surface area contributed by atoms with Gasteiger partial charge in [-0.1, -0.05) is 72.8 Å². The molecule has 3 heteroatoms. The minimum absolute atomic E-state index is 0.922. The third-order valence-corrected chi connectivity index (χ3v) is 7.51. The fourth-order valence-electron chi connectivity index (χ4n) is 5.73. The van der Waals surface area contributed by atoms with E-state index in [2.05, 4.69) is 143 Å². The van der Waals surface area contributed by atoms with Crippen LogP contribution in [0.1, 0.15) is 0 Å². The van der Waals surface area contributed by atoms with E-state index in [4.69, 9.17) is 4.98 Å². The van der Waals surface area contributed by atoms with E-state index in [9.17, 15) is 0 Å². The largest absolute Gasteiger partial charge is 0.317 e. The molecule has 0 unspecified atom stereocenters. The van der Waals surface area contributed by atoms with Gasteiger partial charge in [0.1, 0.15) is 5.82 Å². The van der Waals surface area contributed by atoms with E-state index in [1.807, 2.05) is 6.07 Å². The maximum Gasteiger partial charge on any atom is 0.138 e. The summed E-state index contributed by atoms with van der Waals surface area (Å²) in [7, 11) is 0. The molecule has 178 valence electrons. The number of benzene rings is 5. The number of aromatic nitrogens is 3. The van der Waals surface area contributed by atoms with Crippen LogP contribution < -0.4 is 0 Å². The molecule has 0 radical (unpaired) electrons. The lowest BCUT2D eigenvalue weighted by Gasteiger charge is -2.10. The minimum Gasteiger partial charge on any atom is -0.317 e. The van der Waals surface area contributed by atoms with Crippen molar-refractivity contribution in [2.45, 2.75) is 0 Å². The summed E-state index contributed by atoms with van der Waals surface area (Å²) >= 11 is 0. The third-order valence-electron chi connectivity index (χ3n) is 7.51. The molecule has 0 saturated carbocycles. The molecule has 5 aromatic carbocycles. The van der Waals surface area contributed by atoms with Crippen molar-refractivity contribution in [1.29, 1.82) is 0 Å². The first-order chi connectivity index (χ1) is 18.8. The second kappa shape index (κ2) is 8.19. The topological polar surface area (TPSA) is 22.8 Å². The zero-order valence-electron chi connectivity index (χ0n) is 20.6. The smallest absolute Gasteiger partial charge is 0.138 e. The molecular weight excluding hydrogens is 462 g/mol. The molecule has 0 bridgehead atoms. The minimum atomic E-state index is 0.922. The number of hydrogen-bond donors (Lipinski definition) is 0. The molecule has 0 amide bonds. The third kappa shape index (κ3) is 3.19. The molecule has 8 aromatic rings. The van der Waals surface area contributed by atoms with Gasteiger partial charge in [0.15, 0.2) is 0 Å². The lowest BCUT2D eigenvalue weighted by molar-refractivity contribution is 1.08. The summed E-state index contributed by atoms with van der Waals surface area (Å²) < 4.78 is 4.57. The van der Waals surface area contributed by atoms with E-state index in [1.165, 1.54) is 38.1 Å². The van der Waals surface area contributed by atoms with Gasteiger partial charge in [0.25, 0.3) is 0 Å². The highest BCUT2D eigenvalue weighted by atomic mass is 15.1. The van der Waals surface area contributed by atoms with Crippen molar-refractivity contribution in [2.75, 3.05) is 0 Å². The Labute approximate surface area is 219 Å². The Bertz CT molecular complexity index is 2120. The molecule has 0 atom stereocenters. The monoisotopic (exact) mass is 485 g/mol. The molecule has 0 saturated heterocycles. The van der Waals surface area contributed by atoms with Crippen molar-refractivity contribution < 1.29 is 0 Å². The van der Waals surface area contributed by atoms with Crippen molar-refractivity contribution in [1.82, 2.24) is 14.1 Å². The Balaban J connectivity index is 1.41. The Morgan fingerprint density at radius 3 is 2.08 bits per heavy atom. The van der Waals surface area contributed by atoms with Crippen molar-refractivity contribution in [3.63, 3.8) is 0 Å². The Kier molecular flexibility index (Phi) is 4.52. The standard InChI is InChI=1S/C35H23N3/c1-3-10-24(11-4-1)31-15-9-17-35(36-31)38-32-16-8-7-14-29(32)30-21-26-20-25-18-19-37(28-12-5-2-6-13-28)33(25)22-27(26)23-34(30)38/h1-23H. The summed E-state index contributed by atoms with van der Waals surface area (Å²) in [6.07, 6.45) is 2.16. The molecular formula is C35H23N3. The van der Waals surface area contributed by atoms with E-state index in [-0.39, 0.29) is 0 Å². The van der Waals surface area contributed by atoms with Gasteiger partial charge in [-0.2, -0.15) is 0 Å². The highest BCUT2D eigenvalue weighted by molar-refractivity contribution is 6.14. The number of hydrogen-bond acceptors (Lipinski definition) is 1. The van der Waals surface area contributed by atoms with Crippen LogP contribution in [-0.2, 0) is 0 Å². The highest BCUT2D eigenvalue weighted by Gasteiger charge is 2.15. The summed E-state index contributed by atoms with van der Waals surface area (Å²) in [5.74, 6) is 0.922. The van der Waals surface area contributed by atoms with Crippen LogP contribution in [0, 0.1) is 0 Å². The lowest BCUT2D eigenvalue weighted by atomic mass is 10.0. The first-order valence-electron chi connectivity index (χ1n) is 12.9. The predicted molar refractivity (Wildman–Crippen MR) is 158 cm³/mol. The number of fused-ring (bicyclic) bond motifs is 5. The highest BCUT2D eigenvalue weighted by Crippen LogP contribution is 2.36. The number of rotatable bonds is 3. The quantitative estimate of drug-likeness (QED) is 0.245. The molecule has 0 N–H and O–H groups in total.